The van der Waals surface area contributed by atoms with Crippen molar-refractivity contribution < 1.29 is 36.5 Å². The molecule has 1 atom stereocenters. The fourth-order valence-corrected chi connectivity index (χ4v) is 0.882. The average molecular weight is 366 g/mol. The van der Waals surface area contributed by atoms with Gasteiger partial charge in [-0.05, 0) is 41.5 Å². The summed E-state index contributed by atoms with van der Waals surface area (Å²) in [4.78, 5) is 0. The van der Waals surface area contributed by atoms with Crippen LogP contribution in [-0.2, 0) is 18.9 Å². The maximum absolute atomic E-state index is 12.1. The molecular formula is C16H34F4O4. The molecule has 0 saturated heterocycles. The lowest BCUT2D eigenvalue weighted by Crippen LogP contribution is -2.15. The minimum Gasteiger partial charge on any atom is -0.376 e. The maximum Gasteiger partial charge on any atom is 0.261 e. The van der Waals surface area contributed by atoms with Crippen molar-refractivity contribution in [3.63, 3.8) is 0 Å². The van der Waals surface area contributed by atoms with Crippen LogP contribution in [0.1, 0.15) is 41.5 Å². The zero-order chi connectivity index (χ0) is 19.5. The van der Waals surface area contributed by atoms with Crippen LogP contribution in [0, 0.1) is 0 Å². The van der Waals surface area contributed by atoms with Crippen LogP contribution in [0.4, 0.5) is 17.6 Å². The third-order valence-electron chi connectivity index (χ3n) is 1.90. The smallest absolute Gasteiger partial charge is 0.261 e. The zero-order valence-electron chi connectivity index (χ0n) is 15.9. The molecule has 0 saturated carbocycles. The van der Waals surface area contributed by atoms with E-state index >= 15 is 0 Å². The van der Waals surface area contributed by atoms with Crippen LogP contribution >= 0.6 is 0 Å². The largest absolute Gasteiger partial charge is 0.376 e. The molecule has 24 heavy (non-hydrogen) atoms. The predicted octanol–water partition coefficient (Wildman–Crippen LogP) is 4.41. The van der Waals surface area contributed by atoms with Gasteiger partial charge in [0.1, 0.15) is 19.9 Å². The van der Waals surface area contributed by atoms with Gasteiger partial charge >= 0.3 is 0 Å². The summed E-state index contributed by atoms with van der Waals surface area (Å²) in [6, 6.07) is 0. The Morgan fingerprint density at radius 3 is 1.33 bits per heavy atom. The molecule has 0 radical (unpaired) electrons. The van der Waals surface area contributed by atoms with E-state index in [0.29, 0.717) is 0 Å². The Kier molecular flexibility index (Phi) is 24.4. The quantitative estimate of drug-likeness (QED) is 0.537. The highest BCUT2D eigenvalue weighted by Crippen LogP contribution is 1.96. The van der Waals surface area contributed by atoms with Crippen molar-refractivity contribution in [2.45, 2.75) is 72.6 Å². The van der Waals surface area contributed by atoms with Crippen molar-refractivity contribution in [1.29, 1.82) is 0 Å². The molecule has 8 heteroatoms. The summed E-state index contributed by atoms with van der Waals surface area (Å²) in [6.07, 6.45) is -3.48. The van der Waals surface area contributed by atoms with Crippen LogP contribution < -0.4 is 0 Å². The van der Waals surface area contributed by atoms with Gasteiger partial charge in [0.2, 0.25) is 6.36 Å². The van der Waals surface area contributed by atoms with E-state index < -0.39 is 19.4 Å². The van der Waals surface area contributed by atoms with Gasteiger partial charge in [-0.1, -0.05) is 0 Å². The number of halogens is 4. The molecule has 0 fully saturated rings. The van der Waals surface area contributed by atoms with Gasteiger partial charge in [-0.3, -0.25) is 0 Å². The molecule has 0 aliphatic heterocycles. The predicted molar refractivity (Wildman–Crippen MR) is 87.1 cm³/mol. The summed E-state index contributed by atoms with van der Waals surface area (Å²) in [6.45, 7) is 10.3. The van der Waals surface area contributed by atoms with Crippen LogP contribution in [-0.4, -0.2) is 64.7 Å². The Bertz CT molecular complexity index is 222. The number of alkyl halides is 4. The Morgan fingerprint density at radius 2 is 1.12 bits per heavy atom. The highest BCUT2D eigenvalue weighted by atomic mass is 19.3. The summed E-state index contributed by atoms with van der Waals surface area (Å²) in [5.41, 5.74) is 0. The first-order valence-corrected chi connectivity index (χ1v) is 7.92. The summed E-state index contributed by atoms with van der Waals surface area (Å²) in [7, 11) is 1.31. The van der Waals surface area contributed by atoms with Gasteiger partial charge in [0.25, 0.3) is 6.43 Å². The van der Waals surface area contributed by atoms with E-state index in [1.807, 2.05) is 27.7 Å². The molecular weight excluding hydrogens is 332 g/mol. The van der Waals surface area contributed by atoms with E-state index in [2.05, 4.69) is 9.47 Å². The summed E-state index contributed by atoms with van der Waals surface area (Å²) in [5, 5.41) is 0. The molecule has 0 spiro atoms. The van der Waals surface area contributed by atoms with Gasteiger partial charge in [0, 0.05) is 7.11 Å². The van der Waals surface area contributed by atoms with Crippen molar-refractivity contribution in [2.24, 2.45) is 0 Å². The lowest BCUT2D eigenvalue weighted by molar-refractivity contribution is -0.0798. The van der Waals surface area contributed by atoms with Gasteiger partial charge in [-0.15, -0.1) is 0 Å². The third-order valence-corrected chi connectivity index (χ3v) is 1.90. The lowest BCUT2D eigenvalue weighted by Gasteiger charge is -2.09. The fourth-order valence-electron chi connectivity index (χ4n) is 0.882. The summed E-state index contributed by atoms with van der Waals surface area (Å²) >= 11 is 0. The molecule has 0 aromatic carbocycles. The topological polar surface area (TPSA) is 36.9 Å². The van der Waals surface area contributed by atoms with Gasteiger partial charge in [-0.25, -0.2) is 17.6 Å². The summed E-state index contributed by atoms with van der Waals surface area (Å²) < 4.78 is 64.5. The molecule has 0 aliphatic carbocycles. The first-order chi connectivity index (χ1) is 11.1. The minimum atomic E-state index is -2.34. The molecule has 150 valence electrons. The molecule has 0 heterocycles. The van der Waals surface area contributed by atoms with E-state index in [1.54, 1.807) is 13.8 Å². The first-order valence-electron chi connectivity index (χ1n) is 7.92. The minimum absolute atomic E-state index is 0.0220. The van der Waals surface area contributed by atoms with Crippen LogP contribution in [0.15, 0.2) is 0 Å². The van der Waals surface area contributed by atoms with Gasteiger partial charge in [0.05, 0.1) is 24.9 Å². The number of hydrogen-bond donors (Lipinski definition) is 0. The van der Waals surface area contributed by atoms with Crippen molar-refractivity contribution in [3.05, 3.63) is 0 Å². The van der Waals surface area contributed by atoms with E-state index in [1.165, 1.54) is 7.11 Å². The average Bonchev–Trinajstić information content (AvgIpc) is 2.49. The van der Waals surface area contributed by atoms with E-state index in [-0.39, 0.29) is 38.2 Å². The maximum atomic E-state index is 12.1. The lowest BCUT2D eigenvalue weighted by atomic mass is 10.5. The van der Waals surface area contributed by atoms with Crippen LogP contribution in [0.25, 0.3) is 0 Å². The Hall–Kier alpha value is -0.440. The molecule has 0 bridgehead atoms. The standard InChI is InChI=1S/C6H13FO2.C5H10F2O.C5H11FO/c1-5(2)9-4-6(7)8-3;1-4(2)8-3-5(6)7;1-5(2)7-4-3-6/h5-6H,4H2,1-3H3;4-5H,3H2,1-2H3;5H,3-4H2,1-2H3. The second kappa shape index (κ2) is 20.6. The zero-order valence-corrected chi connectivity index (χ0v) is 15.9. The van der Waals surface area contributed by atoms with Crippen molar-refractivity contribution in [3.8, 4) is 0 Å². The molecule has 4 nitrogen and oxygen atoms in total. The van der Waals surface area contributed by atoms with Crippen LogP contribution in [0.3, 0.4) is 0 Å². The normalized spacial score (nSPS) is 12.1. The summed E-state index contributed by atoms with van der Waals surface area (Å²) in [5.74, 6) is 0. The Labute approximate surface area is 143 Å². The second-order valence-corrected chi connectivity index (χ2v) is 5.41. The van der Waals surface area contributed by atoms with Crippen LogP contribution in [0.2, 0.25) is 0 Å². The Balaban J connectivity index is -0.000000278. The highest BCUT2D eigenvalue weighted by molar-refractivity contribution is 4.40. The van der Waals surface area contributed by atoms with Gasteiger partial charge in [0.15, 0.2) is 0 Å². The van der Waals surface area contributed by atoms with Crippen LogP contribution in [0.5, 0.6) is 0 Å². The third kappa shape index (κ3) is 37.6. The first kappa shape index (κ1) is 28.4. The molecule has 0 rings (SSSR count). The van der Waals surface area contributed by atoms with E-state index in [9.17, 15) is 17.6 Å². The van der Waals surface area contributed by atoms with E-state index in [0.717, 1.165) is 0 Å². The molecule has 0 aliphatic rings. The van der Waals surface area contributed by atoms with E-state index in [4.69, 9.17) is 9.47 Å². The highest BCUT2D eigenvalue weighted by Gasteiger charge is 2.03. The van der Waals surface area contributed by atoms with Crippen molar-refractivity contribution in [2.75, 3.05) is 33.6 Å². The molecule has 0 amide bonds. The molecule has 0 N–H and O–H groups in total. The number of methoxy groups -OCH3 is 1. The molecule has 1 unspecified atom stereocenters. The number of rotatable bonds is 10. The monoisotopic (exact) mass is 366 g/mol. The number of hydrogen-bond acceptors (Lipinski definition) is 4. The van der Waals surface area contributed by atoms with Crippen molar-refractivity contribution >= 4 is 0 Å². The van der Waals surface area contributed by atoms with Gasteiger partial charge in [-0.2, -0.15) is 0 Å². The second-order valence-electron chi connectivity index (χ2n) is 5.41. The fraction of sp³-hybridized carbons (Fsp3) is 1.00. The SMILES string of the molecule is CC(C)OCC(F)F.CC(C)OCCF.COC(F)COC(C)C. The van der Waals surface area contributed by atoms with Crippen molar-refractivity contribution in [1.82, 2.24) is 0 Å². The molecule has 0 aromatic rings. The Morgan fingerprint density at radius 1 is 0.708 bits per heavy atom. The molecule has 0 aromatic heterocycles. The van der Waals surface area contributed by atoms with Gasteiger partial charge < -0.3 is 18.9 Å². The number of ether oxygens (including phenoxy) is 4.